The number of aryl methyl sites for hydroxylation is 1. The number of pyridine rings is 1. The van der Waals surface area contributed by atoms with Crippen molar-refractivity contribution >= 4 is 5.91 Å². The second-order valence-electron chi connectivity index (χ2n) is 7.40. The van der Waals surface area contributed by atoms with Crippen LogP contribution in [0.1, 0.15) is 40.8 Å². The molecule has 0 aliphatic carbocycles. The number of carbonyl (C=O) groups excluding carboxylic acids is 1. The topological polar surface area (TPSA) is 94.7 Å². The molecule has 8 heteroatoms. The molecule has 2 N–H and O–H groups in total. The summed E-state index contributed by atoms with van der Waals surface area (Å²) >= 11 is 0. The number of hydrogen-bond donors (Lipinski definition) is 2. The summed E-state index contributed by atoms with van der Waals surface area (Å²) in [6, 6.07) is 5.68. The average Bonchev–Trinajstić information content (AvgIpc) is 3.08. The van der Waals surface area contributed by atoms with Crippen molar-refractivity contribution in [2.75, 3.05) is 26.7 Å². The van der Waals surface area contributed by atoms with Crippen molar-refractivity contribution in [1.29, 1.82) is 0 Å². The van der Waals surface area contributed by atoms with Gasteiger partial charge in [-0.05, 0) is 31.7 Å². The molecule has 2 aromatic heterocycles. The zero-order valence-corrected chi connectivity index (χ0v) is 16.6. The molecule has 1 amide bonds. The molecule has 3 rings (SSSR count). The van der Waals surface area contributed by atoms with Gasteiger partial charge >= 0.3 is 0 Å². The molecule has 0 aromatic carbocycles. The molecule has 1 aliphatic rings. The van der Waals surface area contributed by atoms with E-state index in [4.69, 9.17) is 5.11 Å². The lowest BCUT2D eigenvalue weighted by atomic mass is 10.1. The van der Waals surface area contributed by atoms with E-state index in [0.717, 1.165) is 29.9 Å². The van der Waals surface area contributed by atoms with Gasteiger partial charge < -0.3 is 15.1 Å². The van der Waals surface area contributed by atoms with Crippen LogP contribution in [0.4, 0.5) is 0 Å². The smallest absolute Gasteiger partial charge is 0.254 e. The monoisotopic (exact) mass is 387 g/mol. The predicted octanol–water partition coefficient (Wildman–Crippen LogP) is 0.672. The number of aliphatic hydroxyl groups is 2. The van der Waals surface area contributed by atoms with Crippen molar-refractivity contribution < 1.29 is 15.0 Å². The first-order chi connectivity index (χ1) is 13.5. The zero-order valence-electron chi connectivity index (χ0n) is 16.6. The van der Waals surface area contributed by atoms with E-state index < -0.39 is 6.10 Å². The molecule has 0 bridgehead atoms. The highest BCUT2D eigenvalue weighted by Crippen LogP contribution is 2.17. The summed E-state index contributed by atoms with van der Waals surface area (Å²) in [4.78, 5) is 21.0. The molecule has 152 valence electrons. The maximum Gasteiger partial charge on any atom is 0.254 e. The van der Waals surface area contributed by atoms with E-state index in [1.54, 1.807) is 12.3 Å². The van der Waals surface area contributed by atoms with Gasteiger partial charge in [-0.2, -0.15) is 5.10 Å². The third-order valence-electron chi connectivity index (χ3n) is 4.87. The highest BCUT2D eigenvalue weighted by atomic mass is 16.3. The van der Waals surface area contributed by atoms with Crippen molar-refractivity contribution in [3.63, 3.8) is 0 Å². The number of hydrogen-bond acceptors (Lipinski definition) is 6. The van der Waals surface area contributed by atoms with Crippen LogP contribution in [0.2, 0.25) is 0 Å². The number of aliphatic hydroxyl groups excluding tert-OH is 2. The second kappa shape index (κ2) is 9.27. The Morgan fingerprint density at radius 3 is 2.89 bits per heavy atom. The molecular weight excluding hydrogens is 358 g/mol. The predicted molar refractivity (Wildman–Crippen MR) is 105 cm³/mol. The fourth-order valence-corrected chi connectivity index (χ4v) is 3.52. The largest absolute Gasteiger partial charge is 0.394 e. The van der Waals surface area contributed by atoms with E-state index in [2.05, 4.69) is 17.0 Å². The Bertz CT molecular complexity index is 807. The zero-order chi connectivity index (χ0) is 20.1. The highest BCUT2D eigenvalue weighted by molar-refractivity contribution is 5.94. The summed E-state index contributed by atoms with van der Waals surface area (Å²) < 4.78 is 1.95. The van der Waals surface area contributed by atoms with Gasteiger partial charge in [0, 0.05) is 37.1 Å². The average molecular weight is 387 g/mol. The molecule has 1 unspecified atom stereocenters. The Labute approximate surface area is 165 Å². The van der Waals surface area contributed by atoms with Crippen LogP contribution in [0, 0.1) is 0 Å². The summed E-state index contributed by atoms with van der Waals surface area (Å²) in [7, 11) is 1.88. The first-order valence-electron chi connectivity index (χ1n) is 9.77. The molecule has 8 nitrogen and oxygen atoms in total. The minimum atomic E-state index is -0.756. The molecule has 3 heterocycles. The van der Waals surface area contributed by atoms with Crippen molar-refractivity contribution in [3.05, 3.63) is 47.0 Å². The molecule has 2 aromatic rings. The van der Waals surface area contributed by atoms with Gasteiger partial charge in [-0.3, -0.25) is 19.4 Å². The standard InChI is InChI=1S/C20H29N5O3/c1-3-4-16-9-15(5-6-21-16)20(28)24-7-8-25-18(12-24)10-17(22-25)11-23(2)13-19(27)14-26/h5-6,9-10,19,26-27H,3-4,7-8,11-14H2,1-2H3. The van der Waals surface area contributed by atoms with Crippen LogP contribution >= 0.6 is 0 Å². The number of likely N-dealkylation sites (N-methyl/N-ethyl adjacent to an activating group) is 1. The van der Waals surface area contributed by atoms with E-state index in [1.807, 2.05) is 33.7 Å². The number of aromatic nitrogens is 3. The summed E-state index contributed by atoms with van der Waals surface area (Å²) in [5, 5.41) is 23.1. The minimum absolute atomic E-state index is 0.0249. The molecule has 0 fully saturated rings. The number of fused-ring (bicyclic) bond motifs is 1. The van der Waals surface area contributed by atoms with Crippen molar-refractivity contribution in [2.24, 2.45) is 0 Å². The van der Waals surface area contributed by atoms with Gasteiger partial charge in [0.2, 0.25) is 0 Å². The van der Waals surface area contributed by atoms with Crippen molar-refractivity contribution in [2.45, 2.75) is 45.5 Å². The molecule has 0 spiro atoms. The summed E-state index contributed by atoms with van der Waals surface area (Å²) in [6.45, 7) is 4.62. The van der Waals surface area contributed by atoms with E-state index in [9.17, 15) is 9.90 Å². The number of rotatable bonds is 8. The van der Waals surface area contributed by atoms with Gasteiger partial charge in [-0.15, -0.1) is 0 Å². The summed E-state index contributed by atoms with van der Waals surface area (Å²) in [6.07, 6.45) is 2.82. The maximum absolute atomic E-state index is 12.9. The Kier molecular flexibility index (Phi) is 6.77. The van der Waals surface area contributed by atoms with Crippen LogP contribution in [0.15, 0.2) is 24.4 Å². The normalized spacial score (nSPS) is 15.0. The van der Waals surface area contributed by atoms with E-state index in [1.165, 1.54) is 0 Å². The quantitative estimate of drug-likeness (QED) is 0.691. The van der Waals surface area contributed by atoms with Crippen LogP contribution in [0.3, 0.4) is 0 Å². The Balaban J connectivity index is 1.65. The molecule has 0 saturated carbocycles. The van der Waals surface area contributed by atoms with Gasteiger partial charge in [0.1, 0.15) is 0 Å². The Morgan fingerprint density at radius 1 is 1.32 bits per heavy atom. The van der Waals surface area contributed by atoms with Crippen LogP contribution in [0.25, 0.3) is 0 Å². The minimum Gasteiger partial charge on any atom is -0.394 e. The molecule has 1 aliphatic heterocycles. The van der Waals surface area contributed by atoms with Gasteiger partial charge in [0.05, 0.1) is 37.2 Å². The molecule has 28 heavy (non-hydrogen) atoms. The third-order valence-corrected chi connectivity index (χ3v) is 4.87. The third kappa shape index (κ3) is 4.95. The summed E-state index contributed by atoms with van der Waals surface area (Å²) in [5.41, 5.74) is 3.54. The molecule has 0 saturated heterocycles. The van der Waals surface area contributed by atoms with Gasteiger partial charge in [-0.25, -0.2) is 0 Å². The van der Waals surface area contributed by atoms with Gasteiger partial charge in [-0.1, -0.05) is 13.3 Å². The highest BCUT2D eigenvalue weighted by Gasteiger charge is 2.24. The second-order valence-corrected chi connectivity index (χ2v) is 7.40. The van der Waals surface area contributed by atoms with Crippen LogP contribution in [-0.2, 0) is 26.1 Å². The van der Waals surface area contributed by atoms with Crippen LogP contribution in [-0.4, -0.2) is 73.5 Å². The molecule has 0 radical (unpaired) electrons. The van der Waals surface area contributed by atoms with E-state index in [-0.39, 0.29) is 12.5 Å². The van der Waals surface area contributed by atoms with Crippen molar-refractivity contribution in [1.82, 2.24) is 24.6 Å². The lowest BCUT2D eigenvalue weighted by Crippen LogP contribution is -2.38. The Morgan fingerprint density at radius 2 is 2.14 bits per heavy atom. The Hall–Kier alpha value is -2.29. The van der Waals surface area contributed by atoms with E-state index in [0.29, 0.717) is 38.3 Å². The number of carbonyl (C=O) groups is 1. The van der Waals surface area contributed by atoms with Crippen LogP contribution < -0.4 is 0 Å². The van der Waals surface area contributed by atoms with Gasteiger partial charge in [0.15, 0.2) is 0 Å². The number of amides is 1. The van der Waals surface area contributed by atoms with Gasteiger partial charge in [0.25, 0.3) is 5.91 Å². The lowest BCUT2D eigenvalue weighted by Gasteiger charge is -2.27. The SMILES string of the molecule is CCCc1cc(C(=O)N2CCn3nc(CN(C)CC(O)CO)cc3C2)ccn1. The maximum atomic E-state index is 12.9. The van der Waals surface area contributed by atoms with Crippen molar-refractivity contribution in [3.8, 4) is 0 Å². The first-order valence-corrected chi connectivity index (χ1v) is 9.77. The lowest BCUT2D eigenvalue weighted by molar-refractivity contribution is 0.0644. The number of nitrogens with zero attached hydrogens (tertiary/aromatic N) is 5. The fourth-order valence-electron chi connectivity index (χ4n) is 3.52. The summed E-state index contributed by atoms with van der Waals surface area (Å²) in [5.74, 6) is 0.0249. The molecular formula is C20H29N5O3. The van der Waals surface area contributed by atoms with Crippen LogP contribution in [0.5, 0.6) is 0 Å². The van der Waals surface area contributed by atoms with E-state index >= 15 is 0 Å². The molecule has 1 atom stereocenters. The fraction of sp³-hybridized carbons (Fsp3) is 0.550. The first kappa shape index (κ1) is 20.4.